The molecule has 1 N–H and O–H groups in total. The molecule has 0 aliphatic heterocycles. The fourth-order valence-electron chi connectivity index (χ4n) is 1.53. The van der Waals surface area contributed by atoms with E-state index >= 15 is 0 Å². The van der Waals surface area contributed by atoms with Gasteiger partial charge in [-0.15, -0.1) is 0 Å². The summed E-state index contributed by atoms with van der Waals surface area (Å²) < 4.78 is 0. The highest BCUT2D eigenvalue weighted by Gasteiger charge is 2.28. The summed E-state index contributed by atoms with van der Waals surface area (Å²) in [6.45, 7) is 4.10. The highest BCUT2D eigenvalue weighted by Crippen LogP contribution is 2.42. The van der Waals surface area contributed by atoms with Gasteiger partial charge in [-0.05, 0) is 49.3 Å². The molecule has 1 aliphatic carbocycles. The third-order valence-corrected chi connectivity index (χ3v) is 2.49. The topological polar surface area (TPSA) is 20.2 Å². The first-order chi connectivity index (χ1) is 5.77. The molecule has 1 unspecified atom stereocenters. The third-order valence-electron chi connectivity index (χ3n) is 2.49. The smallest absolute Gasteiger partial charge is 0.115 e. The lowest BCUT2D eigenvalue weighted by molar-refractivity contribution is 0.474. The summed E-state index contributed by atoms with van der Waals surface area (Å²) in [5.41, 5.74) is 1.16. The molecule has 1 saturated carbocycles. The van der Waals surface area contributed by atoms with E-state index < -0.39 is 0 Å². The first-order valence-electron chi connectivity index (χ1n) is 4.39. The van der Waals surface area contributed by atoms with Crippen LogP contribution in [0.5, 0.6) is 5.75 Å². The predicted octanol–water partition coefficient (Wildman–Crippen LogP) is 2.72. The van der Waals surface area contributed by atoms with Crippen molar-refractivity contribution in [3.8, 4) is 5.75 Å². The Bertz CT molecular complexity index is 276. The number of hydrogen-bond donors (Lipinski definition) is 1. The fraction of sp³-hybridized carbons (Fsp3) is 0.364. The zero-order chi connectivity index (χ0) is 8.55. The van der Waals surface area contributed by atoms with Gasteiger partial charge in [0.1, 0.15) is 5.75 Å². The maximum Gasteiger partial charge on any atom is 0.115 e. The van der Waals surface area contributed by atoms with Crippen LogP contribution in [0, 0.1) is 12.8 Å². The van der Waals surface area contributed by atoms with Gasteiger partial charge in [0.2, 0.25) is 0 Å². The van der Waals surface area contributed by atoms with E-state index in [1.54, 1.807) is 6.07 Å². The minimum absolute atomic E-state index is 0.349. The number of phenols is 1. The van der Waals surface area contributed by atoms with Crippen LogP contribution in [0.4, 0.5) is 0 Å². The Morgan fingerprint density at radius 3 is 2.75 bits per heavy atom. The maximum atomic E-state index is 9.24. The van der Waals surface area contributed by atoms with E-state index in [4.69, 9.17) is 0 Å². The first kappa shape index (κ1) is 7.66. The predicted molar refractivity (Wildman–Crippen MR) is 48.9 cm³/mol. The second kappa shape index (κ2) is 2.81. The average Bonchev–Trinajstić information content (AvgIpc) is 2.85. The van der Waals surface area contributed by atoms with Crippen molar-refractivity contribution in [1.29, 1.82) is 0 Å². The molecule has 1 fully saturated rings. The average molecular weight is 161 g/mol. The number of aromatic hydroxyl groups is 1. The fourth-order valence-corrected chi connectivity index (χ4v) is 1.53. The van der Waals surface area contributed by atoms with Gasteiger partial charge in [-0.3, -0.25) is 0 Å². The molecule has 1 radical (unpaired) electrons. The van der Waals surface area contributed by atoms with Crippen molar-refractivity contribution in [2.45, 2.75) is 18.8 Å². The number of phenolic OH excluding ortho intramolecular Hbond substituents is 1. The monoisotopic (exact) mass is 161 g/mol. The van der Waals surface area contributed by atoms with Crippen LogP contribution in [-0.4, -0.2) is 5.11 Å². The molecule has 0 amide bonds. The Balaban J connectivity index is 2.20. The lowest BCUT2D eigenvalue weighted by Crippen LogP contribution is -1.94. The molecule has 1 aromatic rings. The Kier molecular flexibility index (Phi) is 1.80. The van der Waals surface area contributed by atoms with Gasteiger partial charge < -0.3 is 5.11 Å². The largest absolute Gasteiger partial charge is 0.508 e. The van der Waals surface area contributed by atoms with Gasteiger partial charge in [0.25, 0.3) is 0 Å². The summed E-state index contributed by atoms with van der Waals surface area (Å²) in [6, 6.07) is 7.43. The van der Waals surface area contributed by atoms with Crippen LogP contribution in [-0.2, 0) is 0 Å². The van der Waals surface area contributed by atoms with Crippen molar-refractivity contribution in [3.05, 3.63) is 36.8 Å². The molecule has 0 bridgehead atoms. The number of rotatable bonds is 2. The summed E-state index contributed by atoms with van der Waals surface area (Å²) in [5, 5.41) is 9.24. The van der Waals surface area contributed by atoms with E-state index in [0.717, 1.165) is 11.5 Å². The molecule has 1 heteroatoms. The molecule has 1 nitrogen and oxygen atoms in total. The Hall–Kier alpha value is -0.980. The summed E-state index contributed by atoms with van der Waals surface area (Å²) >= 11 is 0. The molecule has 1 atom stereocenters. The van der Waals surface area contributed by atoms with Gasteiger partial charge in [-0.1, -0.05) is 12.1 Å². The van der Waals surface area contributed by atoms with Crippen molar-refractivity contribution < 1.29 is 5.11 Å². The first-order valence-corrected chi connectivity index (χ1v) is 4.39. The Labute approximate surface area is 73.0 Å². The van der Waals surface area contributed by atoms with Crippen LogP contribution in [0.25, 0.3) is 0 Å². The van der Waals surface area contributed by atoms with E-state index in [9.17, 15) is 5.11 Å². The van der Waals surface area contributed by atoms with E-state index in [-0.39, 0.29) is 0 Å². The zero-order valence-electron chi connectivity index (χ0n) is 7.03. The standard InChI is InChI=1S/C11H13O/c1-8(9-5-6-9)10-3-2-4-11(12)7-10/h2-4,7-9,12H,1,5-6H2. The summed E-state index contributed by atoms with van der Waals surface area (Å²) in [4.78, 5) is 0. The Morgan fingerprint density at radius 1 is 1.42 bits per heavy atom. The minimum Gasteiger partial charge on any atom is -0.508 e. The van der Waals surface area contributed by atoms with Crippen LogP contribution in [0.15, 0.2) is 24.3 Å². The molecule has 0 spiro atoms. The van der Waals surface area contributed by atoms with Crippen LogP contribution in [0.2, 0.25) is 0 Å². The Morgan fingerprint density at radius 2 is 2.17 bits per heavy atom. The molecule has 63 valence electrons. The van der Waals surface area contributed by atoms with E-state index in [1.165, 1.54) is 12.8 Å². The van der Waals surface area contributed by atoms with Crippen LogP contribution in [0.1, 0.15) is 24.3 Å². The molecule has 0 saturated heterocycles. The van der Waals surface area contributed by atoms with Gasteiger partial charge in [-0.2, -0.15) is 0 Å². The molecule has 1 aromatic carbocycles. The summed E-state index contributed by atoms with van der Waals surface area (Å²) in [6.07, 6.45) is 2.59. The lowest BCUT2D eigenvalue weighted by Gasteiger charge is -2.09. The van der Waals surface area contributed by atoms with Crippen LogP contribution in [0.3, 0.4) is 0 Å². The molecule has 2 rings (SSSR count). The summed E-state index contributed by atoms with van der Waals surface area (Å²) in [5.74, 6) is 1.48. The maximum absolute atomic E-state index is 9.24. The highest BCUT2D eigenvalue weighted by molar-refractivity contribution is 5.31. The normalized spacial score (nSPS) is 19.1. The van der Waals surface area contributed by atoms with E-state index in [0.29, 0.717) is 11.7 Å². The second-order valence-corrected chi connectivity index (χ2v) is 3.54. The van der Waals surface area contributed by atoms with Crippen molar-refractivity contribution in [1.82, 2.24) is 0 Å². The van der Waals surface area contributed by atoms with Gasteiger partial charge >= 0.3 is 0 Å². The molecule has 12 heavy (non-hydrogen) atoms. The zero-order valence-corrected chi connectivity index (χ0v) is 7.03. The van der Waals surface area contributed by atoms with Gasteiger partial charge in [0.05, 0.1) is 0 Å². The van der Waals surface area contributed by atoms with Gasteiger partial charge in [0, 0.05) is 0 Å². The van der Waals surface area contributed by atoms with Crippen molar-refractivity contribution in [2.75, 3.05) is 0 Å². The molecular formula is C11H13O. The number of benzene rings is 1. The van der Waals surface area contributed by atoms with Crippen LogP contribution >= 0.6 is 0 Å². The van der Waals surface area contributed by atoms with Gasteiger partial charge in [0.15, 0.2) is 0 Å². The minimum atomic E-state index is 0.349. The lowest BCUT2D eigenvalue weighted by atomic mass is 9.96. The van der Waals surface area contributed by atoms with Crippen LogP contribution < -0.4 is 0 Å². The third kappa shape index (κ3) is 1.45. The van der Waals surface area contributed by atoms with Crippen molar-refractivity contribution >= 4 is 0 Å². The SMILES string of the molecule is [CH2]C(c1cccc(O)c1)C1CC1. The summed E-state index contributed by atoms with van der Waals surface area (Å²) in [7, 11) is 0. The molecule has 0 heterocycles. The van der Waals surface area contributed by atoms with E-state index in [1.807, 2.05) is 18.2 Å². The molecule has 0 aromatic heterocycles. The molecule has 1 aliphatic rings. The van der Waals surface area contributed by atoms with E-state index in [2.05, 4.69) is 6.92 Å². The molecular weight excluding hydrogens is 148 g/mol. The van der Waals surface area contributed by atoms with Gasteiger partial charge in [-0.25, -0.2) is 0 Å². The van der Waals surface area contributed by atoms with Crippen molar-refractivity contribution in [2.24, 2.45) is 5.92 Å². The number of hydrogen-bond acceptors (Lipinski definition) is 1. The quantitative estimate of drug-likeness (QED) is 0.707. The van der Waals surface area contributed by atoms with Crippen molar-refractivity contribution in [3.63, 3.8) is 0 Å². The highest BCUT2D eigenvalue weighted by atomic mass is 16.3. The second-order valence-electron chi connectivity index (χ2n) is 3.54.